The van der Waals surface area contributed by atoms with Gasteiger partial charge in [-0.1, -0.05) is 6.07 Å². The van der Waals surface area contributed by atoms with E-state index < -0.39 is 11.9 Å². The van der Waals surface area contributed by atoms with E-state index in [1.54, 1.807) is 7.11 Å². The van der Waals surface area contributed by atoms with Crippen LogP contribution in [-0.4, -0.2) is 26.0 Å². The van der Waals surface area contributed by atoms with Crippen LogP contribution in [0.4, 0.5) is 0 Å². The molecular formula is C19H20BrNO4. The second-order valence-corrected chi connectivity index (χ2v) is 7.01. The molecule has 1 aliphatic carbocycles. The summed E-state index contributed by atoms with van der Waals surface area (Å²) in [4.78, 5) is 25.1. The van der Waals surface area contributed by atoms with E-state index in [0.717, 1.165) is 34.3 Å². The Kier molecular flexibility index (Phi) is 4.99. The average Bonchev–Trinajstić information content (AvgIpc) is 2.60. The fraction of sp³-hybridized carbons (Fsp3) is 0.368. The standard InChI is InChI=1S/C19H20BrNO4/c1-10-16(19(23)25-3)17(11-7-8-15(24-2)12(20)9-11)18-13(21-10)5-4-6-14(18)22/h7-9,17,21H,4-6H2,1-3H3/t17-/m1/s1. The second-order valence-electron chi connectivity index (χ2n) is 6.15. The van der Waals surface area contributed by atoms with Crippen molar-refractivity contribution >= 4 is 27.7 Å². The predicted molar refractivity (Wildman–Crippen MR) is 97.2 cm³/mol. The number of halogens is 1. The number of rotatable bonds is 3. The van der Waals surface area contributed by atoms with Gasteiger partial charge in [0.15, 0.2) is 5.78 Å². The first-order chi connectivity index (χ1) is 12.0. The minimum Gasteiger partial charge on any atom is -0.496 e. The highest BCUT2D eigenvalue weighted by Crippen LogP contribution is 2.43. The molecule has 0 bridgehead atoms. The molecular weight excluding hydrogens is 386 g/mol. The van der Waals surface area contributed by atoms with Gasteiger partial charge in [0, 0.05) is 29.3 Å². The van der Waals surface area contributed by atoms with Crippen LogP contribution in [0.2, 0.25) is 0 Å². The molecule has 1 N–H and O–H groups in total. The molecule has 0 aromatic heterocycles. The summed E-state index contributed by atoms with van der Waals surface area (Å²) in [7, 11) is 2.95. The lowest BCUT2D eigenvalue weighted by atomic mass is 9.75. The molecule has 0 saturated heterocycles. The van der Waals surface area contributed by atoms with E-state index in [1.807, 2.05) is 25.1 Å². The third kappa shape index (κ3) is 3.11. The van der Waals surface area contributed by atoms with Crippen LogP contribution in [0.5, 0.6) is 5.75 Å². The monoisotopic (exact) mass is 405 g/mol. The molecule has 0 spiro atoms. The van der Waals surface area contributed by atoms with Crippen LogP contribution in [0, 0.1) is 0 Å². The van der Waals surface area contributed by atoms with Gasteiger partial charge in [0.2, 0.25) is 0 Å². The minimum atomic E-state index is -0.432. The molecule has 3 rings (SSSR count). The third-order valence-corrected chi connectivity index (χ3v) is 5.31. The van der Waals surface area contributed by atoms with Crippen molar-refractivity contribution in [2.24, 2.45) is 0 Å². The normalized spacial score (nSPS) is 20.2. The summed E-state index contributed by atoms with van der Waals surface area (Å²) in [6, 6.07) is 5.62. The smallest absolute Gasteiger partial charge is 0.336 e. The first-order valence-corrected chi connectivity index (χ1v) is 8.93. The van der Waals surface area contributed by atoms with Gasteiger partial charge in [-0.25, -0.2) is 4.79 Å². The van der Waals surface area contributed by atoms with Crippen molar-refractivity contribution in [2.45, 2.75) is 32.1 Å². The van der Waals surface area contributed by atoms with Crippen molar-refractivity contribution in [3.63, 3.8) is 0 Å². The zero-order valence-corrected chi connectivity index (χ0v) is 16.0. The molecule has 132 valence electrons. The van der Waals surface area contributed by atoms with E-state index in [2.05, 4.69) is 21.2 Å². The summed E-state index contributed by atoms with van der Waals surface area (Å²) in [5, 5.41) is 3.25. The number of hydrogen-bond acceptors (Lipinski definition) is 5. The quantitative estimate of drug-likeness (QED) is 0.778. The van der Waals surface area contributed by atoms with Gasteiger partial charge < -0.3 is 14.8 Å². The van der Waals surface area contributed by atoms with Crippen molar-refractivity contribution in [3.8, 4) is 5.75 Å². The molecule has 0 amide bonds. The average molecular weight is 406 g/mol. The maximum atomic E-state index is 12.7. The summed E-state index contributed by atoms with van der Waals surface area (Å²) in [5.74, 6) is -0.0765. The summed E-state index contributed by atoms with van der Waals surface area (Å²) in [6.45, 7) is 1.85. The van der Waals surface area contributed by atoms with E-state index >= 15 is 0 Å². The van der Waals surface area contributed by atoms with Crippen molar-refractivity contribution in [2.75, 3.05) is 14.2 Å². The highest BCUT2D eigenvalue weighted by molar-refractivity contribution is 9.10. The number of Topliss-reactive ketones (excluding diaryl/α,β-unsaturated/α-hetero) is 1. The van der Waals surface area contributed by atoms with Gasteiger partial charge in [-0.15, -0.1) is 0 Å². The Bertz CT molecular complexity index is 810. The number of carbonyl (C=O) groups excluding carboxylic acids is 2. The molecule has 1 aromatic carbocycles. The summed E-state index contributed by atoms with van der Waals surface area (Å²) >= 11 is 3.49. The van der Waals surface area contributed by atoms with Crippen LogP contribution in [-0.2, 0) is 14.3 Å². The van der Waals surface area contributed by atoms with Gasteiger partial charge in [0.25, 0.3) is 0 Å². The summed E-state index contributed by atoms with van der Waals surface area (Å²) in [6.07, 6.45) is 2.13. The predicted octanol–water partition coefficient (Wildman–Crippen LogP) is 3.60. The Balaban J connectivity index is 2.19. The molecule has 1 aromatic rings. The van der Waals surface area contributed by atoms with Crippen molar-refractivity contribution in [1.29, 1.82) is 0 Å². The van der Waals surface area contributed by atoms with Crippen molar-refractivity contribution in [3.05, 3.63) is 50.8 Å². The lowest BCUT2D eigenvalue weighted by Gasteiger charge is -2.34. The Morgan fingerprint density at radius 3 is 2.68 bits per heavy atom. The lowest BCUT2D eigenvalue weighted by Crippen LogP contribution is -2.34. The van der Waals surface area contributed by atoms with E-state index in [1.165, 1.54) is 7.11 Å². The summed E-state index contributed by atoms with van der Waals surface area (Å²) in [5.41, 5.74) is 3.66. The van der Waals surface area contributed by atoms with Gasteiger partial charge in [0.1, 0.15) is 5.75 Å². The maximum absolute atomic E-state index is 12.7. The van der Waals surface area contributed by atoms with Crippen LogP contribution in [0.15, 0.2) is 45.2 Å². The first kappa shape index (κ1) is 17.7. The van der Waals surface area contributed by atoms with Crippen molar-refractivity contribution < 1.29 is 19.1 Å². The van der Waals surface area contributed by atoms with E-state index in [0.29, 0.717) is 23.3 Å². The summed E-state index contributed by atoms with van der Waals surface area (Å²) < 4.78 is 11.1. The highest BCUT2D eigenvalue weighted by Gasteiger charge is 2.39. The van der Waals surface area contributed by atoms with Crippen LogP contribution >= 0.6 is 15.9 Å². The number of dihydropyridines is 1. The Morgan fingerprint density at radius 1 is 1.28 bits per heavy atom. The fourth-order valence-corrected chi connectivity index (χ4v) is 4.12. The van der Waals surface area contributed by atoms with Gasteiger partial charge >= 0.3 is 5.97 Å². The van der Waals surface area contributed by atoms with Crippen LogP contribution < -0.4 is 10.1 Å². The molecule has 1 aliphatic heterocycles. The topological polar surface area (TPSA) is 64.6 Å². The maximum Gasteiger partial charge on any atom is 0.336 e. The number of ketones is 1. The molecule has 1 heterocycles. The van der Waals surface area contributed by atoms with Gasteiger partial charge in [-0.2, -0.15) is 0 Å². The largest absolute Gasteiger partial charge is 0.496 e. The number of hydrogen-bond donors (Lipinski definition) is 1. The first-order valence-electron chi connectivity index (χ1n) is 8.13. The third-order valence-electron chi connectivity index (χ3n) is 4.69. The van der Waals surface area contributed by atoms with Gasteiger partial charge in [-0.3, -0.25) is 4.79 Å². The zero-order chi connectivity index (χ0) is 18.1. The van der Waals surface area contributed by atoms with Crippen LogP contribution in [0.25, 0.3) is 0 Å². The molecule has 0 saturated carbocycles. The highest BCUT2D eigenvalue weighted by atomic mass is 79.9. The Morgan fingerprint density at radius 2 is 2.04 bits per heavy atom. The molecule has 2 aliphatic rings. The zero-order valence-electron chi connectivity index (χ0n) is 14.4. The lowest BCUT2D eigenvalue weighted by molar-refractivity contribution is -0.136. The van der Waals surface area contributed by atoms with Crippen molar-refractivity contribution in [1.82, 2.24) is 5.32 Å². The number of benzene rings is 1. The number of esters is 1. The molecule has 0 unspecified atom stereocenters. The van der Waals surface area contributed by atoms with E-state index in [4.69, 9.17) is 9.47 Å². The second kappa shape index (κ2) is 7.04. The van der Waals surface area contributed by atoms with Crippen LogP contribution in [0.1, 0.15) is 37.7 Å². The SMILES string of the molecule is COC(=O)C1=C(C)NC2=C(C(=O)CCC2)[C@@H]1c1ccc(OC)c(Br)c1. The number of ether oxygens (including phenoxy) is 2. The van der Waals surface area contributed by atoms with Gasteiger partial charge in [0.05, 0.1) is 24.3 Å². The molecule has 6 heteroatoms. The molecule has 5 nitrogen and oxygen atoms in total. The number of methoxy groups -OCH3 is 2. The van der Waals surface area contributed by atoms with E-state index in [-0.39, 0.29) is 5.78 Å². The fourth-order valence-electron chi connectivity index (χ4n) is 3.56. The van der Waals surface area contributed by atoms with Crippen LogP contribution in [0.3, 0.4) is 0 Å². The molecule has 0 fully saturated rings. The molecule has 0 radical (unpaired) electrons. The Hall–Kier alpha value is -2.08. The number of carbonyl (C=O) groups is 2. The van der Waals surface area contributed by atoms with E-state index in [9.17, 15) is 9.59 Å². The molecule has 1 atom stereocenters. The van der Waals surface area contributed by atoms with Gasteiger partial charge in [-0.05, 0) is 53.4 Å². The number of allylic oxidation sites excluding steroid dienone is 3. The minimum absolute atomic E-state index is 0.0830. The molecule has 25 heavy (non-hydrogen) atoms. The Labute approximate surface area is 155 Å². The number of nitrogens with one attached hydrogen (secondary N) is 1.